The molecule has 37 heavy (non-hydrogen) atoms. The Hall–Kier alpha value is -3.82. The Morgan fingerprint density at radius 1 is 1.19 bits per heavy atom. The van der Waals surface area contributed by atoms with Gasteiger partial charge in [-0.15, -0.1) is 0 Å². The SMILES string of the molecule is NC[C@]1(c2ccccc2F)[C@@H]2CCN(c3cnc4c(-c5ccc(-c6ncco6)cc5Cl)n[nH]c4n3)C[C@@H]21. The summed E-state index contributed by atoms with van der Waals surface area (Å²) in [6.45, 7) is 2.00. The van der Waals surface area contributed by atoms with E-state index in [9.17, 15) is 4.39 Å². The summed E-state index contributed by atoms with van der Waals surface area (Å²) in [6.07, 6.45) is 5.81. The molecule has 1 aliphatic carbocycles. The maximum Gasteiger partial charge on any atom is 0.225 e. The van der Waals surface area contributed by atoms with Crippen LogP contribution in [0.3, 0.4) is 0 Å². The van der Waals surface area contributed by atoms with Crippen molar-refractivity contribution in [3.63, 3.8) is 0 Å². The monoisotopic (exact) mass is 515 g/mol. The third kappa shape index (κ3) is 3.38. The summed E-state index contributed by atoms with van der Waals surface area (Å²) in [4.78, 5) is 15.9. The molecule has 8 nitrogen and oxygen atoms in total. The zero-order valence-electron chi connectivity index (χ0n) is 19.7. The summed E-state index contributed by atoms with van der Waals surface area (Å²) in [5, 5.41) is 7.98. The first kappa shape index (κ1) is 22.4. The lowest BCUT2D eigenvalue weighted by Crippen LogP contribution is -2.32. The van der Waals surface area contributed by atoms with Crippen LogP contribution < -0.4 is 10.6 Å². The van der Waals surface area contributed by atoms with E-state index >= 15 is 0 Å². The van der Waals surface area contributed by atoms with Crippen molar-refractivity contribution < 1.29 is 8.81 Å². The number of nitrogens with zero attached hydrogens (tertiary/aromatic N) is 5. The fourth-order valence-electron chi connectivity index (χ4n) is 6.18. The zero-order valence-corrected chi connectivity index (χ0v) is 20.5. The molecule has 1 saturated heterocycles. The van der Waals surface area contributed by atoms with E-state index in [1.165, 1.54) is 12.3 Å². The fourth-order valence-corrected chi connectivity index (χ4v) is 6.45. The Balaban J connectivity index is 1.16. The maximum atomic E-state index is 14.7. The normalized spacial score (nSPS) is 22.8. The van der Waals surface area contributed by atoms with Gasteiger partial charge in [-0.3, -0.25) is 5.10 Å². The molecule has 0 spiro atoms. The molecule has 5 aromatic rings. The van der Waals surface area contributed by atoms with E-state index in [1.54, 1.807) is 24.5 Å². The molecule has 1 saturated carbocycles. The highest BCUT2D eigenvalue weighted by Gasteiger charge is 2.66. The summed E-state index contributed by atoms with van der Waals surface area (Å²) in [7, 11) is 0. The molecule has 3 aromatic heterocycles. The summed E-state index contributed by atoms with van der Waals surface area (Å²) in [5.74, 6) is 1.74. The van der Waals surface area contributed by atoms with Gasteiger partial charge < -0.3 is 15.1 Å². The molecule has 1 aliphatic heterocycles. The van der Waals surface area contributed by atoms with Crippen molar-refractivity contribution in [2.75, 3.05) is 24.5 Å². The van der Waals surface area contributed by atoms with E-state index in [1.807, 2.05) is 24.3 Å². The second-order valence-corrected chi connectivity index (χ2v) is 10.1. The number of oxazole rings is 1. The number of anilines is 1. The van der Waals surface area contributed by atoms with Crippen molar-refractivity contribution in [1.82, 2.24) is 25.1 Å². The molecule has 2 aliphatic rings. The Morgan fingerprint density at radius 2 is 2.08 bits per heavy atom. The van der Waals surface area contributed by atoms with Gasteiger partial charge in [0.25, 0.3) is 0 Å². The van der Waals surface area contributed by atoms with E-state index in [-0.39, 0.29) is 17.2 Å². The average molecular weight is 516 g/mol. The van der Waals surface area contributed by atoms with Gasteiger partial charge in [0.2, 0.25) is 5.89 Å². The lowest BCUT2D eigenvalue weighted by Gasteiger charge is -2.26. The predicted octanol–water partition coefficient (Wildman–Crippen LogP) is 4.82. The second-order valence-electron chi connectivity index (χ2n) is 9.70. The van der Waals surface area contributed by atoms with Gasteiger partial charge in [0, 0.05) is 36.2 Å². The van der Waals surface area contributed by atoms with Gasteiger partial charge in [0.05, 0.1) is 17.4 Å². The molecule has 4 heterocycles. The molecule has 10 heteroatoms. The molecule has 3 atom stereocenters. The maximum absolute atomic E-state index is 14.7. The number of rotatable bonds is 5. The quantitative estimate of drug-likeness (QED) is 0.345. The first-order valence-electron chi connectivity index (χ1n) is 12.2. The van der Waals surface area contributed by atoms with Crippen molar-refractivity contribution in [1.29, 1.82) is 0 Å². The molecule has 3 N–H and O–H groups in total. The average Bonchev–Trinajstić information content (AvgIpc) is 3.26. The Labute approximate surface area is 216 Å². The minimum atomic E-state index is -0.313. The number of nitrogens with two attached hydrogens (primary N) is 1. The smallest absolute Gasteiger partial charge is 0.225 e. The minimum absolute atomic E-state index is 0.174. The minimum Gasteiger partial charge on any atom is -0.445 e. The Kier molecular flexibility index (Phi) is 5.06. The summed E-state index contributed by atoms with van der Waals surface area (Å²) in [6, 6.07) is 12.6. The van der Waals surface area contributed by atoms with Crippen molar-refractivity contribution in [2.45, 2.75) is 11.8 Å². The molecule has 7 rings (SSSR count). The van der Waals surface area contributed by atoms with Crippen LogP contribution in [-0.2, 0) is 5.41 Å². The van der Waals surface area contributed by atoms with Crippen LogP contribution in [0.5, 0.6) is 0 Å². The van der Waals surface area contributed by atoms with Crippen LogP contribution in [0.2, 0.25) is 5.02 Å². The highest BCUT2D eigenvalue weighted by atomic mass is 35.5. The number of hydrogen-bond acceptors (Lipinski definition) is 7. The lowest BCUT2D eigenvalue weighted by atomic mass is 9.91. The van der Waals surface area contributed by atoms with Crippen LogP contribution in [0.4, 0.5) is 10.2 Å². The number of fused-ring (bicyclic) bond motifs is 2. The van der Waals surface area contributed by atoms with E-state index in [4.69, 9.17) is 31.7 Å². The first-order valence-corrected chi connectivity index (χ1v) is 12.6. The number of H-pyrrole nitrogens is 1. The van der Waals surface area contributed by atoms with Gasteiger partial charge in [-0.25, -0.2) is 19.3 Å². The van der Waals surface area contributed by atoms with E-state index < -0.39 is 0 Å². The third-order valence-electron chi connectivity index (χ3n) is 8.03. The van der Waals surface area contributed by atoms with Gasteiger partial charge in [-0.1, -0.05) is 35.9 Å². The molecule has 0 radical (unpaired) electrons. The van der Waals surface area contributed by atoms with Gasteiger partial charge >= 0.3 is 0 Å². The Bertz CT molecular complexity index is 1620. The van der Waals surface area contributed by atoms with Crippen LogP contribution in [-0.4, -0.2) is 44.8 Å². The van der Waals surface area contributed by atoms with Crippen LogP contribution in [0, 0.1) is 17.7 Å². The molecular formula is C27H23ClFN7O. The topological polar surface area (TPSA) is 110 Å². The third-order valence-corrected chi connectivity index (χ3v) is 8.34. The van der Waals surface area contributed by atoms with Gasteiger partial charge in [-0.2, -0.15) is 5.10 Å². The summed E-state index contributed by atoms with van der Waals surface area (Å²) < 4.78 is 20.1. The van der Waals surface area contributed by atoms with Gasteiger partial charge in [0.1, 0.15) is 29.1 Å². The van der Waals surface area contributed by atoms with Crippen LogP contribution in [0.15, 0.2) is 65.5 Å². The standard InChI is InChI=1S/C27H23ClFN7O/c28-20-11-15(26-31-8-10-37-26)5-6-16(20)23-24-25(35-34-23)33-22(12-32-24)36-9-7-17-19(13-36)27(17,14-30)18-3-1-2-4-21(18)29/h1-6,8,10-12,17,19H,7,9,13-14,30H2,(H,33,34,35)/t17-,19+,27-/m1/s1. The highest BCUT2D eigenvalue weighted by molar-refractivity contribution is 6.33. The largest absolute Gasteiger partial charge is 0.445 e. The number of aromatic amines is 1. The van der Waals surface area contributed by atoms with E-state index in [0.717, 1.165) is 42.0 Å². The first-order chi connectivity index (χ1) is 18.1. The van der Waals surface area contributed by atoms with E-state index in [0.29, 0.717) is 40.2 Å². The number of hydrogen-bond donors (Lipinski definition) is 2. The summed E-state index contributed by atoms with van der Waals surface area (Å²) in [5.41, 5.74) is 10.0. The zero-order chi connectivity index (χ0) is 25.1. The second kappa shape index (κ2) is 8.36. The molecule has 0 amide bonds. The van der Waals surface area contributed by atoms with Crippen molar-refractivity contribution in [2.24, 2.45) is 17.6 Å². The Morgan fingerprint density at radius 3 is 2.86 bits per heavy atom. The highest BCUT2D eigenvalue weighted by Crippen LogP contribution is 2.63. The predicted molar refractivity (Wildman–Crippen MR) is 139 cm³/mol. The van der Waals surface area contributed by atoms with Crippen molar-refractivity contribution >= 4 is 28.6 Å². The van der Waals surface area contributed by atoms with Gasteiger partial charge in [0.15, 0.2) is 5.65 Å². The summed E-state index contributed by atoms with van der Waals surface area (Å²) >= 11 is 6.60. The van der Waals surface area contributed by atoms with Crippen LogP contribution in [0.1, 0.15) is 12.0 Å². The molecule has 186 valence electrons. The van der Waals surface area contributed by atoms with Crippen LogP contribution >= 0.6 is 11.6 Å². The molecule has 0 unspecified atom stereocenters. The molecular weight excluding hydrogens is 493 g/mol. The van der Waals surface area contributed by atoms with E-state index in [2.05, 4.69) is 20.1 Å². The van der Waals surface area contributed by atoms with Crippen molar-refractivity contribution in [3.05, 3.63) is 77.5 Å². The number of piperidine rings is 1. The van der Waals surface area contributed by atoms with Crippen LogP contribution in [0.25, 0.3) is 33.9 Å². The number of benzene rings is 2. The molecule has 2 aromatic carbocycles. The van der Waals surface area contributed by atoms with Gasteiger partial charge in [-0.05, 0) is 42.0 Å². The molecule has 0 bridgehead atoms. The molecule has 2 fully saturated rings. The fraction of sp³-hybridized carbons (Fsp3) is 0.259. The number of halogens is 2. The number of aromatic nitrogens is 5. The number of nitrogens with one attached hydrogen (secondary N) is 1. The van der Waals surface area contributed by atoms with Crippen molar-refractivity contribution in [3.8, 4) is 22.7 Å². The lowest BCUT2D eigenvalue weighted by molar-refractivity contribution is 0.533.